The first-order valence-corrected chi connectivity index (χ1v) is 10.8. The van der Waals surface area contributed by atoms with Crippen molar-refractivity contribution >= 4 is 17.5 Å². The van der Waals surface area contributed by atoms with Crippen LogP contribution in [-0.2, 0) is 22.6 Å². The number of amides is 2. The van der Waals surface area contributed by atoms with Gasteiger partial charge in [-0.2, -0.15) is 0 Å². The van der Waals surface area contributed by atoms with Gasteiger partial charge in [0.25, 0.3) is 0 Å². The van der Waals surface area contributed by atoms with Gasteiger partial charge in [-0.05, 0) is 35.7 Å². The summed E-state index contributed by atoms with van der Waals surface area (Å²) in [7, 11) is 1.74. The van der Waals surface area contributed by atoms with Crippen LogP contribution in [0.15, 0.2) is 48.5 Å². The number of halogens is 1. The molecule has 1 aliphatic heterocycles. The minimum absolute atomic E-state index is 0.00614. The monoisotopic (exact) mass is 426 g/mol. The summed E-state index contributed by atoms with van der Waals surface area (Å²) < 4.78 is 13.3. The maximum Gasteiger partial charge on any atom is 0.238 e. The summed E-state index contributed by atoms with van der Waals surface area (Å²) in [6, 6.07) is 14.2. The molecule has 7 heteroatoms. The standard InChI is InChI=1S/C24H31FN4O2/c1-3-20-8-4-5-10-22(20)26-23(30)17-28-11-13-29(14-12-28)18-24(31)27(2)16-19-7-6-9-21(25)15-19/h4-10,15H,3,11-14,16-18H2,1-2H3,(H,26,30). The highest BCUT2D eigenvalue weighted by atomic mass is 19.1. The van der Waals surface area contributed by atoms with Gasteiger partial charge >= 0.3 is 0 Å². The Balaban J connectivity index is 1.40. The highest BCUT2D eigenvalue weighted by Gasteiger charge is 2.22. The number of rotatable bonds is 8. The van der Waals surface area contributed by atoms with E-state index in [0.717, 1.165) is 49.4 Å². The topological polar surface area (TPSA) is 55.9 Å². The molecule has 0 radical (unpaired) electrons. The fourth-order valence-electron chi connectivity index (χ4n) is 3.76. The molecule has 3 rings (SSSR count). The van der Waals surface area contributed by atoms with Crippen molar-refractivity contribution in [2.45, 2.75) is 19.9 Å². The van der Waals surface area contributed by atoms with Crippen molar-refractivity contribution in [2.75, 3.05) is 51.6 Å². The van der Waals surface area contributed by atoms with Crippen LogP contribution >= 0.6 is 0 Å². The molecular weight excluding hydrogens is 395 g/mol. The smallest absolute Gasteiger partial charge is 0.238 e. The van der Waals surface area contributed by atoms with Gasteiger partial charge < -0.3 is 10.2 Å². The zero-order valence-electron chi connectivity index (χ0n) is 18.3. The third-order valence-electron chi connectivity index (χ3n) is 5.60. The van der Waals surface area contributed by atoms with E-state index in [1.54, 1.807) is 18.0 Å². The Morgan fingerprint density at radius 3 is 2.35 bits per heavy atom. The number of piperazine rings is 1. The summed E-state index contributed by atoms with van der Waals surface area (Å²) in [6.07, 6.45) is 0.872. The number of nitrogens with zero attached hydrogens (tertiary/aromatic N) is 3. The molecule has 1 saturated heterocycles. The van der Waals surface area contributed by atoms with Crippen LogP contribution in [0.3, 0.4) is 0 Å². The van der Waals surface area contributed by atoms with Crippen LogP contribution in [0, 0.1) is 5.82 Å². The Morgan fingerprint density at radius 1 is 1.00 bits per heavy atom. The van der Waals surface area contributed by atoms with E-state index < -0.39 is 0 Å². The molecule has 0 aromatic heterocycles. The van der Waals surface area contributed by atoms with Crippen molar-refractivity contribution in [3.63, 3.8) is 0 Å². The lowest BCUT2D eigenvalue weighted by Gasteiger charge is -2.34. The number of carbonyl (C=O) groups is 2. The van der Waals surface area contributed by atoms with Gasteiger partial charge in [0, 0.05) is 45.5 Å². The molecule has 0 atom stereocenters. The Morgan fingerprint density at radius 2 is 1.68 bits per heavy atom. The molecule has 0 unspecified atom stereocenters. The minimum atomic E-state index is -0.295. The zero-order chi connectivity index (χ0) is 22.2. The van der Waals surface area contributed by atoms with Crippen molar-refractivity contribution in [1.29, 1.82) is 0 Å². The van der Waals surface area contributed by atoms with Gasteiger partial charge in [-0.15, -0.1) is 0 Å². The first-order valence-electron chi connectivity index (χ1n) is 10.8. The lowest BCUT2D eigenvalue weighted by atomic mass is 10.1. The molecule has 0 saturated carbocycles. The Hall–Kier alpha value is -2.77. The second-order valence-corrected chi connectivity index (χ2v) is 7.99. The second-order valence-electron chi connectivity index (χ2n) is 7.99. The van der Waals surface area contributed by atoms with Crippen molar-refractivity contribution in [1.82, 2.24) is 14.7 Å². The third-order valence-corrected chi connectivity index (χ3v) is 5.60. The first kappa shape index (κ1) is 22.9. The number of carbonyl (C=O) groups excluding carboxylic acids is 2. The summed E-state index contributed by atoms with van der Waals surface area (Å²) in [5.74, 6) is -0.302. The normalized spacial score (nSPS) is 14.9. The van der Waals surface area contributed by atoms with E-state index in [-0.39, 0.29) is 17.6 Å². The van der Waals surface area contributed by atoms with Crippen molar-refractivity contribution < 1.29 is 14.0 Å². The van der Waals surface area contributed by atoms with Crippen LogP contribution in [0.25, 0.3) is 0 Å². The van der Waals surface area contributed by atoms with Gasteiger partial charge in [-0.1, -0.05) is 37.3 Å². The number of benzene rings is 2. The van der Waals surface area contributed by atoms with Crippen molar-refractivity contribution in [2.24, 2.45) is 0 Å². The molecule has 1 heterocycles. The van der Waals surface area contributed by atoms with Crippen LogP contribution in [0.2, 0.25) is 0 Å². The van der Waals surface area contributed by atoms with Crippen LogP contribution < -0.4 is 5.32 Å². The average molecular weight is 427 g/mol. The Labute approximate surface area is 183 Å². The van der Waals surface area contributed by atoms with Crippen LogP contribution in [0.1, 0.15) is 18.1 Å². The van der Waals surface area contributed by atoms with Crippen LogP contribution in [0.5, 0.6) is 0 Å². The fourth-order valence-corrected chi connectivity index (χ4v) is 3.76. The van der Waals surface area contributed by atoms with Gasteiger partial charge in [0.2, 0.25) is 11.8 Å². The van der Waals surface area contributed by atoms with Gasteiger partial charge in [0.05, 0.1) is 13.1 Å². The molecule has 0 aliphatic carbocycles. The number of likely N-dealkylation sites (N-methyl/N-ethyl adjacent to an activating group) is 1. The van der Waals surface area contributed by atoms with Gasteiger partial charge in [0.1, 0.15) is 5.82 Å². The molecule has 1 fully saturated rings. The van der Waals surface area contributed by atoms with Crippen molar-refractivity contribution in [3.05, 3.63) is 65.5 Å². The summed E-state index contributed by atoms with van der Waals surface area (Å²) in [6.45, 7) is 6.08. The summed E-state index contributed by atoms with van der Waals surface area (Å²) in [5.41, 5.74) is 2.78. The van der Waals surface area contributed by atoms with E-state index in [1.807, 2.05) is 30.3 Å². The molecule has 2 aromatic carbocycles. The zero-order valence-corrected chi connectivity index (χ0v) is 18.3. The summed E-state index contributed by atoms with van der Waals surface area (Å²) in [4.78, 5) is 30.8. The number of aryl methyl sites for hydroxylation is 1. The van der Waals surface area contributed by atoms with E-state index in [0.29, 0.717) is 19.6 Å². The number of nitrogens with one attached hydrogen (secondary N) is 1. The molecule has 31 heavy (non-hydrogen) atoms. The van der Waals surface area contributed by atoms with E-state index in [2.05, 4.69) is 22.0 Å². The molecule has 0 bridgehead atoms. The number of hydrogen-bond acceptors (Lipinski definition) is 4. The van der Waals surface area contributed by atoms with E-state index in [9.17, 15) is 14.0 Å². The molecule has 6 nitrogen and oxygen atoms in total. The quantitative estimate of drug-likeness (QED) is 0.705. The second kappa shape index (κ2) is 11.0. The van der Waals surface area contributed by atoms with Gasteiger partial charge in [0.15, 0.2) is 0 Å². The van der Waals surface area contributed by atoms with E-state index >= 15 is 0 Å². The summed E-state index contributed by atoms with van der Waals surface area (Å²) in [5, 5.41) is 3.01. The van der Waals surface area contributed by atoms with Crippen molar-refractivity contribution in [3.8, 4) is 0 Å². The SMILES string of the molecule is CCc1ccccc1NC(=O)CN1CCN(CC(=O)N(C)Cc2cccc(F)c2)CC1. The number of hydrogen-bond donors (Lipinski definition) is 1. The molecule has 2 aromatic rings. The third kappa shape index (κ3) is 6.87. The van der Waals surface area contributed by atoms with Crippen LogP contribution in [0.4, 0.5) is 10.1 Å². The highest BCUT2D eigenvalue weighted by Crippen LogP contribution is 2.15. The lowest BCUT2D eigenvalue weighted by molar-refractivity contribution is -0.132. The molecule has 166 valence electrons. The summed E-state index contributed by atoms with van der Waals surface area (Å²) >= 11 is 0. The number of anilines is 1. The highest BCUT2D eigenvalue weighted by molar-refractivity contribution is 5.93. The predicted molar refractivity (Wildman–Crippen MR) is 120 cm³/mol. The lowest BCUT2D eigenvalue weighted by Crippen LogP contribution is -2.51. The average Bonchev–Trinajstić information content (AvgIpc) is 2.75. The maximum absolute atomic E-state index is 13.3. The molecular formula is C24H31FN4O2. The Kier molecular flexibility index (Phi) is 8.14. The Bertz CT molecular complexity index is 897. The minimum Gasteiger partial charge on any atom is -0.340 e. The first-order chi connectivity index (χ1) is 14.9. The van der Waals surface area contributed by atoms with Crippen LogP contribution in [-0.4, -0.2) is 72.8 Å². The molecule has 0 spiro atoms. The van der Waals surface area contributed by atoms with E-state index in [1.165, 1.54) is 12.1 Å². The largest absolute Gasteiger partial charge is 0.340 e. The number of para-hydroxylation sites is 1. The van der Waals surface area contributed by atoms with Gasteiger partial charge in [-0.25, -0.2) is 4.39 Å². The van der Waals surface area contributed by atoms with Gasteiger partial charge in [-0.3, -0.25) is 19.4 Å². The maximum atomic E-state index is 13.3. The fraction of sp³-hybridized carbons (Fsp3) is 0.417. The molecule has 1 aliphatic rings. The van der Waals surface area contributed by atoms with E-state index in [4.69, 9.17) is 0 Å². The molecule has 2 amide bonds. The predicted octanol–water partition coefficient (Wildman–Crippen LogP) is 2.60. The molecule has 1 N–H and O–H groups in total.